The van der Waals surface area contributed by atoms with Gasteiger partial charge < -0.3 is 5.32 Å². The molecule has 0 spiro atoms. The van der Waals surface area contributed by atoms with Gasteiger partial charge in [0.2, 0.25) is 0 Å². The Kier molecular flexibility index (Phi) is 6.26. The van der Waals surface area contributed by atoms with E-state index in [1.54, 1.807) is 12.1 Å². The molecule has 1 aromatic rings. The van der Waals surface area contributed by atoms with E-state index in [0.717, 1.165) is 51.0 Å². The van der Waals surface area contributed by atoms with Crippen LogP contribution in [-0.4, -0.2) is 31.1 Å². The summed E-state index contributed by atoms with van der Waals surface area (Å²) in [7, 11) is 0. The zero-order valence-electron chi connectivity index (χ0n) is 13.1. The Hall–Kier alpha value is -1.07. The summed E-state index contributed by atoms with van der Waals surface area (Å²) in [5, 5.41) is 3.33. The highest BCUT2D eigenvalue weighted by molar-refractivity contribution is 5.27. The van der Waals surface area contributed by atoms with Crippen LogP contribution in [0.5, 0.6) is 0 Å². The number of rotatable bonds is 6. The van der Waals surface area contributed by atoms with Crippen molar-refractivity contribution in [2.24, 2.45) is 0 Å². The highest BCUT2D eigenvalue weighted by Crippen LogP contribution is 2.32. The molecule has 0 radical (unpaired) electrons. The number of halogens is 3. The summed E-state index contributed by atoms with van der Waals surface area (Å²) in [5.74, 6) is 0. The molecule has 1 aromatic carbocycles. The van der Waals surface area contributed by atoms with E-state index in [1.165, 1.54) is 18.6 Å². The third kappa shape index (κ3) is 4.71. The first kappa shape index (κ1) is 17.3. The molecule has 1 aliphatic heterocycles. The number of hydrogen-bond acceptors (Lipinski definition) is 2. The second kappa shape index (κ2) is 7.97. The summed E-state index contributed by atoms with van der Waals surface area (Å²) >= 11 is 0. The van der Waals surface area contributed by atoms with Gasteiger partial charge in [0.1, 0.15) is 0 Å². The smallest absolute Gasteiger partial charge is 0.314 e. The van der Waals surface area contributed by atoms with Crippen LogP contribution < -0.4 is 5.32 Å². The number of nitrogens with zero attached hydrogens (tertiary/aromatic N) is 1. The van der Waals surface area contributed by atoms with Crippen molar-refractivity contribution < 1.29 is 13.2 Å². The second-order valence-corrected chi connectivity index (χ2v) is 5.92. The number of nitrogens with one attached hydrogen (secondary N) is 1. The molecule has 0 bridgehead atoms. The summed E-state index contributed by atoms with van der Waals surface area (Å²) in [4.78, 5) is 2.40. The first-order valence-corrected chi connectivity index (χ1v) is 8.14. The van der Waals surface area contributed by atoms with Crippen molar-refractivity contribution in [3.05, 3.63) is 35.4 Å². The SMILES string of the molecule is CCCCC[C@@H](c1ccc(C(F)(F)F)cc1)N1CCNCC1. The lowest BCUT2D eigenvalue weighted by atomic mass is 9.97. The molecule has 1 heterocycles. The Bertz CT molecular complexity index is 436. The second-order valence-electron chi connectivity index (χ2n) is 5.92. The van der Waals surface area contributed by atoms with Gasteiger partial charge in [-0.25, -0.2) is 0 Å². The highest BCUT2D eigenvalue weighted by atomic mass is 19.4. The Morgan fingerprint density at radius 2 is 1.73 bits per heavy atom. The van der Waals surface area contributed by atoms with Crippen LogP contribution in [0.1, 0.15) is 49.8 Å². The fourth-order valence-electron chi connectivity index (χ4n) is 3.04. The van der Waals surface area contributed by atoms with E-state index in [2.05, 4.69) is 17.1 Å². The maximum Gasteiger partial charge on any atom is 0.416 e. The summed E-state index contributed by atoms with van der Waals surface area (Å²) in [6.07, 6.45) is 0.196. The molecule has 1 fully saturated rings. The first-order chi connectivity index (χ1) is 10.5. The lowest BCUT2D eigenvalue weighted by molar-refractivity contribution is -0.137. The summed E-state index contributed by atoms with van der Waals surface area (Å²) < 4.78 is 38.1. The van der Waals surface area contributed by atoms with E-state index >= 15 is 0 Å². The summed E-state index contributed by atoms with van der Waals surface area (Å²) in [6, 6.07) is 5.97. The molecular formula is C17H25F3N2. The predicted octanol–water partition coefficient (Wildman–Crippen LogP) is 4.23. The zero-order valence-corrected chi connectivity index (χ0v) is 13.1. The van der Waals surface area contributed by atoms with E-state index in [4.69, 9.17) is 0 Å². The van der Waals surface area contributed by atoms with Crippen LogP contribution in [0.15, 0.2) is 24.3 Å². The molecule has 1 aliphatic rings. The third-order valence-electron chi connectivity index (χ3n) is 4.30. The summed E-state index contributed by atoms with van der Waals surface area (Å²) in [6.45, 7) is 5.98. The Morgan fingerprint density at radius 3 is 2.27 bits per heavy atom. The molecule has 124 valence electrons. The number of piperazine rings is 1. The van der Waals surface area contributed by atoms with Gasteiger partial charge in [-0.3, -0.25) is 4.90 Å². The van der Waals surface area contributed by atoms with Gasteiger partial charge in [0.05, 0.1) is 5.56 Å². The van der Waals surface area contributed by atoms with E-state index in [1.807, 2.05) is 0 Å². The maximum absolute atomic E-state index is 12.7. The molecular weight excluding hydrogens is 289 g/mol. The van der Waals surface area contributed by atoms with Crippen molar-refractivity contribution in [2.75, 3.05) is 26.2 Å². The van der Waals surface area contributed by atoms with Gasteiger partial charge in [-0.1, -0.05) is 38.3 Å². The first-order valence-electron chi connectivity index (χ1n) is 8.14. The summed E-state index contributed by atoms with van der Waals surface area (Å²) in [5.41, 5.74) is 0.440. The molecule has 2 rings (SSSR count). The average Bonchev–Trinajstić information content (AvgIpc) is 2.52. The minimum Gasteiger partial charge on any atom is -0.314 e. The van der Waals surface area contributed by atoms with Gasteiger partial charge in [0.15, 0.2) is 0 Å². The van der Waals surface area contributed by atoms with Crippen LogP contribution in [-0.2, 0) is 6.18 Å². The normalized spacial score (nSPS) is 18.4. The fourth-order valence-corrected chi connectivity index (χ4v) is 3.04. The molecule has 0 amide bonds. The van der Waals surface area contributed by atoms with Gasteiger partial charge >= 0.3 is 6.18 Å². The van der Waals surface area contributed by atoms with Crippen molar-refractivity contribution in [1.29, 1.82) is 0 Å². The van der Waals surface area contributed by atoms with Gasteiger partial charge in [-0.2, -0.15) is 13.2 Å². The molecule has 0 aromatic heterocycles. The molecule has 1 atom stereocenters. The molecule has 2 nitrogen and oxygen atoms in total. The minimum absolute atomic E-state index is 0.232. The average molecular weight is 314 g/mol. The van der Waals surface area contributed by atoms with Crippen molar-refractivity contribution in [2.45, 2.75) is 44.8 Å². The molecule has 22 heavy (non-hydrogen) atoms. The van der Waals surface area contributed by atoms with Crippen LogP contribution in [0.2, 0.25) is 0 Å². The van der Waals surface area contributed by atoms with Crippen LogP contribution in [0, 0.1) is 0 Å². The van der Waals surface area contributed by atoms with Crippen LogP contribution in [0.25, 0.3) is 0 Å². The Morgan fingerprint density at radius 1 is 1.09 bits per heavy atom. The minimum atomic E-state index is -4.26. The topological polar surface area (TPSA) is 15.3 Å². The van der Waals surface area contributed by atoms with Gasteiger partial charge in [-0.15, -0.1) is 0 Å². The van der Waals surface area contributed by atoms with E-state index < -0.39 is 11.7 Å². The third-order valence-corrected chi connectivity index (χ3v) is 4.30. The molecule has 1 N–H and O–H groups in total. The van der Waals surface area contributed by atoms with E-state index in [-0.39, 0.29) is 6.04 Å². The monoisotopic (exact) mass is 314 g/mol. The Balaban J connectivity index is 2.12. The van der Waals surface area contributed by atoms with E-state index in [9.17, 15) is 13.2 Å². The zero-order chi connectivity index (χ0) is 16.0. The molecule has 5 heteroatoms. The van der Waals surface area contributed by atoms with Crippen LogP contribution in [0.4, 0.5) is 13.2 Å². The van der Waals surface area contributed by atoms with Gasteiger partial charge in [-0.05, 0) is 24.1 Å². The van der Waals surface area contributed by atoms with Gasteiger partial charge in [0, 0.05) is 32.2 Å². The molecule has 0 aliphatic carbocycles. The Labute approximate surface area is 130 Å². The number of alkyl halides is 3. The molecule has 1 saturated heterocycles. The van der Waals surface area contributed by atoms with Crippen molar-refractivity contribution in [3.63, 3.8) is 0 Å². The molecule has 0 saturated carbocycles. The lowest BCUT2D eigenvalue weighted by Gasteiger charge is -2.35. The highest BCUT2D eigenvalue weighted by Gasteiger charge is 2.30. The van der Waals surface area contributed by atoms with E-state index in [0.29, 0.717) is 0 Å². The lowest BCUT2D eigenvalue weighted by Crippen LogP contribution is -2.45. The van der Waals surface area contributed by atoms with Crippen LogP contribution in [0.3, 0.4) is 0 Å². The number of hydrogen-bond donors (Lipinski definition) is 1. The number of unbranched alkanes of at least 4 members (excludes halogenated alkanes) is 2. The van der Waals surface area contributed by atoms with Crippen LogP contribution >= 0.6 is 0 Å². The maximum atomic E-state index is 12.7. The van der Waals surface area contributed by atoms with Gasteiger partial charge in [0.25, 0.3) is 0 Å². The van der Waals surface area contributed by atoms with Crippen molar-refractivity contribution in [1.82, 2.24) is 10.2 Å². The number of benzene rings is 1. The quantitative estimate of drug-likeness (QED) is 0.790. The fraction of sp³-hybridized carbons (Fsp3) is 0.647. The van der Waals surface area contributed by atoms with Crippen molar-refractivity contribution in [3.8, 4) is 0 Å². The molecule has 0 unspecified atom stereocenters. The standard InChI is InChI=1S/C17H25F3N2/c1-2-3-4-5-16(22-12-10-21-11-13-22)14-6-8-15(9-7-14)17(18,19)20/h6-9,16,21H,2-5,10-13H2,1H3/t16-/m0/s1. The predicted molar refractivity (Wildman–Crippen MR) is 82.8 cm³/mol. The van der Waals surface area contributed by atoms with Crippen molar-refractivity contribution >= 4 is 0 Å². The largest absolute Gasteiger partial charge is 0.416 e.